The third-order valence-corrected chi connectivity index (χ3v) is 5.43. The topological polar surface area (TPSA) is 29.1 Å². The first kappa shape index (κ1) is 16.1. The van der Waals surface area contributed by atoms with Crippen molar-refractivity contribution in [1.82, 2.24) is 0 Å². The monoisotopic (exact) mass is 325 g/mol. The van der Waals surface area contributed by atoms with Crippen molar-refractivity contribution in [3.63, 3.8) is 0 Å². The number of thioether (sulfide) groups is 1. The molecular weight excluding hydrogens is 302 g/mol. The quantitative estimate of drug-likeness (QED) is 0.736. The van der Waals surface area contributed by atoms with Crippen molar-refractivity contribution < 1.29 is 4.79 Å². The number of amides is 1. The SMILES string of the molecule is O=C(Nc1ccc(SCc2ccccc2)cc1)C1CCCCC1. The molecule has 0 unspecified atom stereocenters. The van der Waals surface area contributed by atoms with Crippen LogP contribution in [0.15, 0.2) is 59.5 Å². The van der Waals surface area contributed by atoms with Crippen molar-refractivity contribution in [2.75, 3.05) is 5.32 Å². The molecule has 1 amide bonds. The van der Waals surface area contributed by atoms with E-state index in [-0.39, 0.29) is 11.8 Å². The van der Waals surface area contributed by atoms with Crippen LogP contribution in [0.2, 0.25) is 0 Å². The molecule has 0 spiro atoms. The number of hydrogen-bond donors (Lipinski definition) is 1. The summed E-state index contributed by atoms with van der Waals surface area (Å²) >= 11 is 1.82. The fraction of sp³-hybridized carbons (Fsp3) is 0.350. The van der Waals surface area contributed by atoms with Crippen LogP contribution in [-0.2, 0) is 10.5 Å². The van der Waals surface area contributed by atoms with Gasteiger partial charge in [-0.1, -0.05) is 49.6 Å². The van der Waals surface area contributed by atoms with Crippen molar-refractivity contribution in [2.24, 2.45) is 5.92 Å². The van der Waals surface area contributed by atoms with Gasteiger partial charge in [-0.2, -0.15) is 0 Å². The Morgan fingerprint density at radius 1 is 0.957 bits per heavy atom. The zero-order chi connectivity index (χ0) is 15.9. The van der Waals surface area contributed by atoms with Crippen LogP contribution in [0.1, 0.15) is 37.7 Å². The molecule has 0 atom stereocenters. The lowest BCUT2D eigenvalue weighted by molar-refractivity contribution is -0.120. The van der Waals surface area contributed by atoms with Gasteiger partial charge < -0.3 is 5.32 Å². The average molecular weight is 325 g/mol. The van der Waals surface area contributed by atoms with Gasteiger partial charge in [-0.3, -0.25) is 4.79 Å². The Balaban J connectivity index is 1.51. The van der Waals surface area contributed by atoms with Crippen LogP contribution < -0.4 is 5.32 Å². The lowest BCUT2D eigenvalue weighted by Gasteiger charge is -2.20. The summed E-state index contributed by atoms with van der Waals surface area (Å²) in [7, 11) is 0. The summed E-state index contributed by atoms with van der Waals surface area (Å²) in [5, 5.41) is 3.06. The molecule has 1 N–H and O–H groups in total. The van der Waals surface area contributed by atoms with Gasteiger partial charge in [0.15, 0.2) is 0 Å². The summed E-state index contributed by atoms with van der Waals surface area (Å²) in [6.45, 7) is 0. The van der Waals surface area contributed by atoms with Gasteiger partial charge >= 0.3 is 0 Å². The summed E-state index contributed by atoms with van der Waals surface area (Å²) in [6, 6.07) is 18.7. The first-order chi connectivity index (χ1) is 11.3. The van der Waals surface area contributed by atoms with Crippen LogP contribution in [-0.4, -0.2) is 5.91 Å². The minimum atomic E-state index is 0.189. The molecule has 1 aliphatic carbocycles. The average Bonchev–Trinajstić information content (AvgIpc) is 2.63. The molecule has 0 bridgehead atoms. The molecule has 120 valence electrons. The molecule has 0 aliphatic heterocycles. The second-order valence-electron chi connectivity index (χ2n) is 6.12. The van der Waals surface area contributed by atoms with Gasteiger partial charge in [-0.05, 0) is 42.7 Å². The number of rotatable bonds is 5. The lowest BCUT2D eigenvalue weighted by atomic mass is 9.88. The van der Waals surface area contributed by atoms with Gasteiger partial charge in [0.2, 0.25) is 5.91 Å². The van der Waals surface area contributed by atoms with Crippen LogP contribution in [0.3, 0.4) is 0 Å². The molecule has 3 heteroatoms. The van der Waals surface area contributed by atoms with E-state index in [9.17, 15) is 4.79 Å². The van der Waals surface area contributed by atoms with E-state index in [0.29, 0.717) is 0 Å². The second kappa shape index (κ2) is 8.21. The highest BCUT2D eigenvalue weighted by Gasteiger charge is 2.20. The highest BCUT2D eigenvalue weighted by atomic mass is 32.2. The molecule has 0 saturated heterocycles. The van der Waals surface area contributed by atoms with E-state index in [1.165, 1.54) is 29.7 Å². The van der Waals surface area contributed by atoms with Crippen molar-refractivity contribution in [1.29, 1.82) is 0 Å². The molecular formula is C20H23NOS. The van der Waals surface area contributed by atoms with Crippen molar-refractivity contribution in [2.45, 2.75) is 42.8 Å². The fourth-order valence-corrected chi connectivity index (χ4v) is 3.84. The maximum absolute atomic E-state index is 12.2. The fourth-order valence-electron chi connectivity index (χ4n) is 2.98. The Labute approximate surface area is 142 Å². The third-order valence-electron chi connectivity index (χ3n) is 4.35. The molecule has 1 aliphatic rings. The van der Waals surface area contributed by atoms with Gasteiger partial charge in [0.25, 0.3) is 0 Å². The minimum Gasteiger partial charge on any atom is -0.326 e. The summed E-state index contributed by atoms with van der Waals surface area (Å²) in [6.07, 6.45) is 5.73. The predicted molar refractivity (Wildman–Crippen MR) is 97.6 cm³/mol. The summed E-state index contributed by atoms with van der Waals surface area (Å²) in [5.74, 6) is 1.36. The molecule has 2 aromatic carbocycles. The van der Waals surface area contributed by atoms with Gasteiger partial charge in [0.1, 0.15) is 0 Å². The maximum atomic E-state index is 12.2. The van der Waals surface area contributed by atoms with Crippen molar-refractivity contribution >= 4 is 23.4 Å². The standard InChI is InChI=1S/C20H23NOS/c22-20(17-9-5-2-6-10-17)21-18-11-13-19(14-12-18)23-15-16-7-3-1-4-8-16/h1,3-4,7-8,11-14,17H,2,5-6,9-10,15H2,(H,21,22). The Kier molecular flexibility index (Phi) is 5.76. The number of anilines is 1. The van der Waals surface area contributed by atoms with Gasteiger partial charge in [-0.15, -0.1) is 11.8 Å². The second-order valence-corrected chi connectivity index (χ2v) is 7.17. The summed E-state index contributed by atoms with van der Waals surface area (Å²) in [4.78, 5) is 13.5. The largest absolute Gasteiger partial charge is 0.326 e. The summed E-state index contributed by atoms with van der Waals surface area (Å²) < 4.78 is 0. The van der Waals surface area contributed by atoms with E-state index in [0.717, 1.165) is 24.3 Å². The van der Waals surface area contributed by atoms with Crippen LogP contribution >= 0.6 is 11.8 Å². The van der Waals surface area contributed by atoms with E-state index >= 15 is 0 Å². The van der Waals surface area contributed by atoms with Crippen LogP contribution in [0.25, 0.3) is 0 Å². The predicted octanol–water partition coefficient (Wildman–Crippen LogP) is 5.50. The zero-order valence-electron chi connectivity index (χ0n) is 13.3. The number of carbonyl (C=O) groups excluding carboxylic acids is 1. The van der Waals surface area contributed by atoms with Crippen LogP contribution in [0.4, 0.5) is 5.69 Å². The molecule has 0 aromatic heterocycles. The summed E-state index contributed by atoms with van der Waals surface area (Å²) in [5.41, 5.74) is 2.23. The molecule has 0 heterocycles. The Morgan fingerprint density at radius 3 is 2.35 bits per heavy atom. The molecule has 2 nitrogen and oxygen atoms in total. The molecule has 0 radical (unpaired) electrons. The van der Waals surface area contributed by atoms with Gasteiger partial charge in [0.05, 0.1) is 0 Å². The lowest BCUT2D eigenvalue weighted by Crippen LogP contribution is -2.24. The number of hydrogen-bond acceptors (Lipinski definition) is 2. The number of nitrogens with one attached hydrogen (secondary N) is 1. The molecule has 2 aromatic rings. The highest BCUT2D eigenvalue weighted by molar-refractivity contribution is 7.98. The van der Waals surface area contributed by atoms with E-state index in [1.807, 2.05) is 30.0 Å². The third kappa shape index (κ3) is 4.87. The Morgan fingerprint density at radius 2 is 1.65 bits per heavy atom. The Bertz CT molecular complexity index is 618. The molecule has 3 rings (SSSR count). The maximum Gasteiger partial charge on any atom is 0.227 e. The zero-order valence-corrected chi connectivity index (χ0v) is 14.1. The van der Waals surface area contributed by atoms with Crippen LogP contribution in [0, 0.1) is 5.92 Å². The van der Waals surface area contributed by atoms with E-state index in [2.05, 4.69) is 41.7 Å². The van der Waals surface area contributed by atoms with Crippen LogP contribution in [0.5, 0.6) is 0 Å². The van der Waals surface area contributed by atoms with E-state index < -0.39 is 0 Å². The smallest absolute Gasteiger partial charge is 0.227 e. The van der Waals surface area contributed by atoms with Crippen molar-refractivity contribution in [3.8, 4) is 0 Å². The first-order valence-electron chi connectivity index (χ1n) is 8.39. The minimum absolute atomic E-state index is 0.189. The van der Waals surface area contributed by atoms with E-state index in [1.54, 1.807) is 0 Å². The van der Waals surface area contributed by atoms with E-state index in [4.69, 9.17) is 0 Å². The normalized spacial score (nSPS) is 15.3. The molecule has 23 heavy (non-hydrogen) atoms. The van der Waals surface area contributed by atoms with Gasteiger partial charge in [-0.25, -0.2) is 0 Å². The van der Waals surface area contributed by atoms with Crippen molar-refractivity contribution in [3.05, 3.63) is 60.2 Å². The van der Waals surface area contributed by atoms with Gasteiger partial charge in [0, 0.05) is 22.3 Å². The first-order valence-corrected chi connectivity index (χ1v) is 9.37. The number of carbonyl (C=O) groups is 1. The molecule has 1 saturated carbocycles. The number of benzene rings is 2. The molecule has 1 fully saturated rings. The Hall–Kier alpha value is -1.74. The highest BCUT2D eigenvalue weighted by Crippen LogP contribution is 2.27.